The second-order valence-electron chi connectivity index (χ2n) is 17.8. The standard InChI is InChI=1S/C23H26N4O3.C22H24N4O3/c1-14(21-12-27(26-25-21)16-9-23(10-16)6-4-22(23)28)30-17-2-3-20-19(8-17)18-5-7-29-13-15(18)11-24-20;1-14(21-10-26(25-24-21)16-7-22(8-16)12-28-13-22)29-17-2-3-20-19(6-17)18-4-5-27-11-15(18)9-23-20/h2-3,8,11-12,14,16,22,28H,4-7,9-10,13H2,1H3;2-3,6,9-10,14,16H,4-5,7-8,11-13H2,1H3. The van der Waals surface area contributed by atoms with E-state index in [0.717, 1.165) is 128 Å². The van der Waals surface area contributed by atoms with E-state index in [0.29, 0.717) is 30.7 Å². The summed E-state index contributed by atoms with van der Waals surface area (Å²) < 4.78 is 32.9. The van der Waals surface area contributed by atoms with Gasteiger partial charge in [-0.05, 0) is 124 Å². The molecule has 1 N–H and O–H groups in total. The van der Waals surface area contributed by atoms with Gasteiger partial charge in [0, 0.05) is 34.0 Å². The van der Waals surface area contributed by atoms with Crippen LogP contribution in [0.2, 0.25) is 0 Å². The molecule has 0 radical (unpaired) electrons. The molecule has 6 aliphatic rings. The molecule has 3 atom stereocenters. The molecule has 3 saturated carbocycles. The van der Waals surface area contributed by atoms with E-state index in [1.54, 1.807) is 0 Å². The molecule has 0 amide bonds. The van der Waals surface area contributed by atoms with Crippen molar-refractivity contribution in [3.05, 3.63) is 94.8 Å². The highest BCUT2D eigenvalue weighted by molar-refractivity contribution is 5.85. The minimum atomic E-state index is -0.199. The van der Waals surface area contributed by atoms with Gasteiger partial charge in [0.2, 0.25) is 0 Å². The third-order valence-corrected chi connectivity index (χ3v) is 13.9. The third kappa shape index (κ3) is 6.74. The van der Waals surface area contributed by atoms with Gasteiger partial charge >= 0.3 is 0 Å². The molecule has 6 aromatic rings. The lowest BCUT2D eigenvalue weighted by atomic mass is 9.52. The normalized spacial score (nSPS) is 23.4. The van der Waals surface area contributed by atoms with Crippen LogP contribution in [-0.2, 0) is 40.3 Å². The highest BCUT2D eigenvalue weighted by Gasteiger charge is 2.55. The minimum absolute atomic E-state index is 0.126. The fourth-order valence-corrected chi connectivity index (χ4v) is 10.1. The monoisotopic (exact) mass is 798 g/mol. The molecule has 59 heavy (non-hydrogen) atoms. The van der Waals surface area contributed by atoms with Crippen molar-refractivity contribution in [2.24, 2.45) is 10.8 Å². The van der Waals surface area contributed by atoms with Crippen molar-refractivity contribution in [1.29, 1.82) is 0 Å². The molecule has 1 saturated heterocycles. The Hall–Kier alpha value is -5.02. The number of aliphatic hydroxyl groups excluding tert-OH is 1. The highest BCUT2D eigenvalue weighted by atomic mass is 16.5. The average molecular weight is 799 g/mol. The molecule has 4 fully saturated rings. The topological polar surface area (TPSA) is 154 Å². The zero-order valence-corrected chi connectivity index (χ0v) is 33.6. The Morgan fingerprint density at radius 1 is 0.712 bits per heavy atom. The summed E-state index contributed by atoms with van der Waals surface area (Å²) in [4.78, 5) is 9.13. The molecule has 7 heterocycles. The Morgan fingerprint density at radius 2 is 1.24 bits per heavy atom. The maximum Gasteiger partial charge on any atom is 0.141 e. The number of aliphatic hydroxyl groups is 1. The number of hydrogen-bond acceptors (Lipinski definition) is 12. The number of ether oxygens (including phenoxy) is 5. The van der Waals surface area contributed by atoms with E-state index in [1.807, 2.05) is 72.3 Å². The van der Waals surface area contributed by atoms with Crippen LogP contribution >= 0.6 is 0 Å². The van der Waals surface area contributed by atoms with Crippen LogP contribution in [-0.4, -0.2) is 77.6 Å². The smallest absolute Gasteiger partial charge is 0.141 e. The summed E-state index contributed by atoms with van der Waals surface area (Å²) >= 11 is 0. The number of fused-ring (bicyclic) bond motifs is 6. The summed E-state index contributed by atoms with van der Waals surface area (Å²) in [7, 11) is 0. The molecule has 306 valence electrons. The van der Waals surface area contributed by atoms with E-state index in [4.69, 9.17) is 23.7 Å². The van der Waals surface area contributed by atoms with Crippen LogP contribution in [0.25, 0.3) is 21.8 Å². The predicted molar refractivity (Wildman–Crippen MR) is 216 cm³/mol. The highest BCUT2D eigenvalue weighted by Crippen LogP contribution is 2.60. The first-order chi connectivity index (χ1) is 28.8. The third-order valence-electron chi connectivity index (χ3n) is 13.9. The summed E-state index contributed by atoms with van der Waals surface area (Å²) in [6.07, 6.45) is 15.5. The first kappa shape index (κ1) is 37.0. The van der Waals surface area contributed by atoms with Crippen LogP contribution in [0.4, 0.5) is 0 Å². The van der Waals surface area contributed by atoms with Crippen LogP contribution in [0.3, 0.4) is 0 Å². The average Bonchev–Trinajstić information content (AvgIpc) is 3.91. The zero-order valence-electron chi connectivity index (χ0n) is 33.6. The molecule has 4 aromatic heterocycles. The number of pyridine rings is 2. The summed E-state index contributed by atoms with van der Waals surface area (Å²) in [5.74, 6) is 1.64. The SMILES string of the molecule is CC(Oc1ccc2ncc3c(c2c1)CCOC3)c1cn(C2CC3(CCC3O)C2)nn1.CC(Oc1ccc2ncc3c(c2c1)CCOC3)c1cn(C2CC3(COC3)C2)nn1. The van der Waals surface area contributed by atoms with Gasteiger partial charge in [-0.2, -0.15) is 0 Å². The van der Waals surface area contributed by atoms with Gasteiger partial charge in [0.25, 0.3) is 0 Å². The first-order valence-corrected chi connectivity index (χ1v) is 21.2. The van der Waals surface area contributed by atoms with Crippen molar-refractivity contribution in [3.63, 3.8) is 0 Å². The van der Waals surface area contributed by atoms with Crippen molar-refractivity contribution < 1.29 is 28.8 Å². The van der Waals surface area contributed by atoms with Crippen molar-refractivity contribution in [2.45, 2.75) is 109 Å². The molecule has 3 unspecified atom stereocenters. The van der Waals surface area contributed by atoms with E-state index in [9.17, 15) is 5.11 Å². The molecule has 2 spiro atoms. The van der Waals surface area contributed by atoms with Crippen LogP contribution in [0.5, 0.6) is 11.5 Å². The molecule has 12 rings (SSSR count). The Morgan fingerprint density at radius 3 is 1.69 bits per heavy atom. The van der Waals surface area contributed by atoms with Gasteiger partial charge in [0.05, 0.1) is 81.3 Å². The van der Waals surface area contributed by atoms with E-state index < -0.39 is 0 Å². The molecule has 3 aliphatic heterocycles. The first-order valence-electron chi connectivity index (χ1n) is 21.2. The summed E-state index contributed by atoms with van der Waals surface area (Å²) in [5.41, 5.74) is 9.21. The number of benzene rings is 2. The van der Waals surface area contributed by atoms with Gasteiger partial charge in [0.1, 0.15) is 35.1 Å². The largest absolute Gasteiger partial charge is 0.484 e. The fourth-order valence-electron chi connectivity index (χ4n) is 10.1. The Balaban J connectivity index is 0.000000135. The molecular weight excluding hydrogens is 749 g/mol. The van der Waals surface area contributed by atoms with Crippen LogP contribution in [0, 0.1) is 10.8 Å². The number of hydrogen-bond donors (Lipinski definition) is 1. The molecular formula is C45H50N8O6. The molecule has 2 aromatic carbocycles. The van der Waals surface area contributed by atoms with Crippen molar-refractivity contribution in [3.8, 4) is 11.5 Å². The van der Waals surface area contributed by atoms with Crippen LogP contribution < -0.4 is 9.47 Å². The van der Waals surface area contributed by atoms with Crippen LogP contribution in [0.15, 0.2) is 61.2 Å². The number of aromatic nitrogens is 8. The lowest BCUT2D eigenvalue weighted by Gasteiger charge is -2.57. The lowest BCUT2D eigenvalue weighted by molar-refractivity contribution is -0.176. The fraction of sp³-hybridized carbons (Fsp3) is 0.511. The second-order valence-corrected chi connectivity index (χ2v) is 17.8. The van der Waals surface area contributed by atoms with E-state index >= 15 is 0 Å². The van der Waals surface area contributed by atoms with Crippen LogP contribution in [0.1, 0.15) is 110 Å². The zero-order chi connectivity index (χ0) is 39.7. The lowest BCUT2D eigenvalue weighted by Crippen LogP contribution is -2.54. The van der Waals surface area contributed by atoms with Gasteiger partial charge in [-0.3, -0.25) is 9.97 Å². The van der Waals surface area contributed by atoms with E-state index in [2.05, 4.69) is 42.7 Å². The Labute approximate surface area is 342 Å². The molecule has 0 bridgehead atoms. The van der Waals surface area contributed by atoms with Gasteiger partial charge in [-0.1, -0.05) is 10.4 Å². The Kier molecular flexibility index (Phi) is 9.17. The summed E-state index contributed by atoms with van der Waals surface area (Å²) in [5, 5.41) is 29.7. The quantitative estimate of drug-likeness (QED) is 0.170. The Bertz CT molecular complexity index is 2520. The van der Waals surface area contributed by atoms with Gasteiger partial charge in [-0.25, -0.2) is 9.36 Å². The predicted octanol–water partition coefficient (Wildman–Crippen LogP) is 6.91. The van der Waals surface area contributed by atoms with Gasteiger partial charge < -0.3 is 28.8 Å². The maximum absolute atomic E-state index is 10.0. The molecule has 14 heteroatoms. The second kappa shape index (κ2) is 14.6. The minimum Gasteiger partial charge on any atom is -0.484 e. The molecule has 14 nitrogen and oxygen atoms in total. The van der Waals surface area contributed by atoms with Crippen molar-refractivity contribution in [1.82, 2.24) is 40.0 Å². The van der Waals surface area contributed by atoms with E-state index in [1.165, 1.54) is 16.7 Å². The number of nitrogens with zero attached hydrogens (tertiary/aromatic N) is 8. The van der Waals surface area contributed by atoms with Crippen molar-refractivity contribution >= 4 is 21.8 Å². The van der Waals surface area contributed by atoms with Crippen molar-refractivity contribution in [2.75, 3.05) is 26.4 Å². The maximum atomic E-state index is 10.0. The van der Waals surface area contributed by atoms with E-state index in [-0.39, 0.29) is 23.7 Å². The van der Waals surface area contributed by atoms with Gasteiger partial charge in [0.15, 0.2) is 0 Å². The molecule has 3 aliphatic carbocycles. The summed E-state index contributed by atoms with van der Waals surface area (Å²) in [6, 6.07) is 13.0. The number of rotatable bonds is 8. The van der Waals surface area contributed by atoms with Gasteiger partial charge in [-0.15, -0.1) is 10.2 Å². The summed E-state index contributed by atoms with van der Waals surface area (Å²) in [6.45, 7) is 8.59.